The molecule has 1 heterocycles. The van der Waals surface area contributed by atoms with Crippen LogP contribution in [-0.4, -0.2) is 65.1 Å². The van der Waals surface area contributed by atoms with Gasteiger partial charge in [0, 0.05) is 31.1 Å². The van der Waals surface area contributed by atoms with E-state index >= 15 is 0 Å². The third kappa shape index (κ3) is 4.18. The van der Waals surface area contributed by atoms with Crippen LogP contribution in [0.25, 0.3) is 0 Å². The van der Waals surface area contributed by atoms with Crippen LogP contribution in [0.15, 0.2) is 5.28 Å². The number of carbonyl (C=O) groups excluding carboxylic acids is 1. The predicted molar refractivity (Wildman–Crippen MR) is 60.9 cm³/mol. The molecule has 0 saturated carbocycles. The summed E-state index contributed by atoms with van der Waals surface area (Å²) in [7, 11) is 0. The van der Waals surface area contributed by atoms with Crippen LogP contribution in [0, 0.1) is 10.4 Å². The fourth-order valence-corrected chi connectivity index (χ4v) is 1.80. The van der Waals surface area contributed by atoms with Gasteiger partial charge in [-0.3, -0.25) is 0 Å². The third-order valence-electron chi connectivity index (χ3n) is 2.87. The van der Waals surface area contributed by atoms with Crippen LogP contribution >= 0.6 is 0 Å². The molecule has 0 aromatic rings. The zero-order chi connectivity index (χ0) is 12.8. The van der Waals surface area contributed by atoms with Crippen LogP contribution in [0.5, 0.6) is 0 Å². The molecule has 18 heavy (non-hydrogen) atoms. The molecule has 0 N–H and O–H groups in total. The summed E-state index contributed by atoms with van der Waals surface area (Å²) in [6.07, 6.45) is 0. The number of nitrogens with zero attached hydrogens (tertiary/aromatic N) is 5. The van der Waals surface area contributed by atoms with Crippen molar-refractivity contribution in [1.29, 1.82) is 0 Å². The first-order valence-corrected chi connectivity index (χ1v) is 5.73. The maximum Gasteiger partial charge on any atom is 1.00 e. The van der Waals surface area contributed by atoms with Gasteiger partial charge in [0.1, 0.15) is 0 Å². The minimum atomic E-state index is -0.0221. The second-order valence-electron chi connectivity index (χ2n) is 3.73. The van der Waals surface area contributed by atoms with E-state index in [2.05, 4.69) is 5.28 Å². The molecule has 0 aromatic carbocycles. The van der Waals surface area contributed by atoms with Crippen LogP contribution in [0.3, 0.4) is 0 Å². The molecule has 0 unspecified atom stereocenters. The number of hydrogen-bond acceptors (Lipinski definition) is 4. The normalized spacial score (nSPS) is 16.2. The summed E-state index contributed by atoms with van der Waals surface area (Å²) in [5.41, 5.74) is 0. The van der Waals surface area contributed by atoms with Crippen LogP contribution in [0.2, 0.25) is 0 Å². The Morgan fingerprint density at radius 1 is 1.28 bits per heavy atom. The van der Waals surface area contributed by atoms with Crippen LogP contribution in [0.4, 0.5) is 4.79 Å². The zero-order valence-corrected chi connectivity index (χ0v) is 13.2. The molecule has 98 valence electrons. The van der Waals surface area contributed by atoms with Gasteiger partial charge < -0.3 is 20.2 Å². The maximum absolute atomic E-state index is 12.0. The molecular formula is C9H18N5NaO3. The standard InChI is InChI=1S/C9H19N5O3.Na/c1-3-11(4-2)9(15)12-5-7-13(8-6-12)14(17)10-16;/h16H,3-8H2,1-2H3;/q;+1/p-1/b14-10-;. The van der Waals surface area contributed by atoms with Gasteiger partial charge in [0.2, 0.25) is 0 Å². The van der Waals surface area contributed by atoms with Crippen molar-refractivity contribution in [2.75, 3.05) is 39.3 Å². The second kappa shape index (κ2) is 8.39. The van der Waals surface area contributed by atoms with Crippen LogP contribution < -0.4 is 29.6 Å². The van der Waals surface area contributed by atoms with Gasteiger partial charge in [-0.2, -0.15) is 0 Å². The molecule has 1 fully saturated rings. The minimum absolute atomic E-state index is 0. The molecule has 1 aliphatic rings. The average molecular weight is 267 g/mol. The predicted octanol–water partition coefficient (Wildman–Crippen LogP) is -2.55. The molecule has 0 atom stereocenters. The summed E-state index contributed by atoms with van der Waals surface area (Å²) >= 11 is 0. The van der Waals surface area contributed by atoms with E-state index in [1.165, 1.54) is 5.01 Å². The Balaban J connectivity index is 0.00000289. The molecule has 8 nitrogen and oxygen atoms in total. The molecule has 0 spiro atoms. The number of rotatable bonds is 3. The van der Waals surface area contributed by atoms with Gasteiger partial charge in [0.25, 0.3) is 0 Å². The van der Waals surface area contributed by atoms with Crippen molar-refractivity contribution in [2.45, 2.75) is 13.8 Å². The second-order valence-corrected chi connectivity index (χ2v) is 3.73. The molecule has 0 aliphatic carbocycles. The van der Waals surface area contributed by atoms with E-state index in [4.69, 9.17) is 0 Å². The first-order valence-electron chi connectivity index (χ1n) is 5.73. The van der Waals surface area contributed by atoms with E-state index < -0.39 is 0 Å². The first kappa shape index (κ1) is 17.3. The average Bonchev–Trinajstić information content (AvgIpc) is 2.39. The van der Waals surface area contributed by atoms with Gasteiger partial charge in [-0.1, -0.05) is 0 Å². The molecular weight excluding hydrogens is 249 g/mol. The molecule has 0 radical (unpaired) electrons. The fourth-order valence-electron chi connectivity index (χ4n) is 1.80. The Kier molecular flexibility index (Phi) is 8.05. The molecule has 0 aromatic heterocycles. The Hall–Kier alpha value is -0.730. The SMILES string of the molecule is CCN(CC)C(=O)N1CCN(/[N+]([O-])=N/[O-])CC1.[Na+]. The molecule has 1 saturated heterocycles. The van der Waals surface area contributed by atoms with Gasteiger partial charge in [0.05, 0.1) is 13.1 Å². The van der Waals surface area contributed by atoms with Crippen molar-refractivity contribution >= 4 is 6.03 Å². The van der Waals surface area contributed by atoms with E-state index in [-0.39, 0.29) is 40.6 Å². The van der Waals surface area contributed by atoms with Gasteiger partial charge in [-0.25, -0.2) is 4.79 Å². The van der Waals surface area contributed by atoms with Crippen molar-refractivity contribution < 1.29 is 39.3 Å². The monoisotopic (exact) mass is 267 g/mol. The topological polar surface area (TPSA) is 88.3 Å². The zero-order valence-electron chi connectivity index (χ0n) is 11.2. The molecule has 0 bridgehead atoms. The Morgan fingerprint density at radius 2 is 1.78 bits per heavy atom. The smallest absolute Gasteiger partial charge is 0.737 e. The molecule has 1 aliphatic heterocycles. The Morgan fingerprint density at radius 3 is 2.17 bits per heavy atom. The van der Waals surface area contributed by atoms with Crippen LogP contribution in [0.1, 0.15) is 13.8 Å². The van der Waals surface area contributed by atoms with E-state index in [1.807, 2.05) is 13.8 Å². The summed E-state index contributed by atoms with van der Waals surface area (Å²) in [5, 5.41) is 24.6. The summed E-state index contributed by atoms with van der Waals surface area (Å²) in [6.45, 7) is 6.72. The summed E-state index contributed by atoms with van der Waals surface area (Å²) in [6, 6.07) is -0.0221. The summed E-state index contributed by atoms with van der Waals surface area (Å²) in [5.74, 6) is 0. The van der Waals surface area contributed by atoms with Crippen LogP contribution in [-0.2, 0) is 0 Å². The summed E-state index contributed by atoms with van der Waals surface area (Å²) in [4.78, 5) is 15.4. The van der Waals surface area contributed by atoms with Gasteiger partial charge in [-0.15, -0.1) is 5.01 Å². The van der Waals surface area contributed by atoms with Gasteiger partial charge in [0.15, 0.2) is 0 Å². The molecule has 2 amide bonds. The fraction of sp³-hybridized carbons (Fsp3) is 0.889. The number of amides is 2. The van der Waals surface area contributed by atoms with Crippen molar-refractivity contribution in [1.82, 2.24) is 14.8 Å². The number of hydrogen-bond donors (Lipinski definition) is 0. The summed E-state index contributed by atoms with van der Waals surface area (Å²) < 4.78 is 0. The van der Waals surface area contributed by atoms with Gasteiger partial charge >= 0.3 is 35.6 Å². The maximum atomic E-state index is 12.0. The number of carbonyl (C=O) groups is 1. The van der Waals surface area contributed by atoms with Gasteiger partial charge in [-0.05, 0) is 19.1 Å². The van der Waals surface area contributed by atoms with E-state index in [9.17, 15) is 15.2 Å². The van der Waals surface area contributed by atoms with Crippen molar-refractivity contribution in [3.8, 4) is 0 Å². The largest absolute Gasteiger partial charge is 1.00 e. The quantitative estimate of drug-likeness (QED) is 0.244. The van der Waals surface area contributed by atoms with E-state index in [0.29, 0.717) is 39.3 Å². The number of urea groups is 1. The van der Waals surface area contributed by atoms with E-state index in [0.717, 1.165) is 0 Å². The first-order chi connectivity index (χ1) is 8.13. The Bertz CT molecular complexity index is 290. The van der Waals surface area contributed by atoms with Crippen molar-refractivity contribution in [3.63, 3.8) is 0 Å². The van der Waals surface area contributed by atoms with Crippen molar-refractivity contribution in [3.05, 3.63) is 10.4 Å². The number of piperazine rings is 1. The van der Waals surface area contributed by atoms with Crippen molar-refractivity contribution in [2.24, 2.45) is 5.28 Å². The Labute approximate surface area is 129 Å². The molecule has 1 rings (SSSR count). The van der Waals surface area contributed by atoms with E-state index in [1.54, 1.807) is 9.80 Å². The third-order valence-corrected chi connectivity index (χ3v) is 2.87. The minimum Gasteiger partial charge on any atom is -0.737 e. The molecule has 9 heteroatoms. The number of hydrazine groups is 1.